The Morgan fingerprint density at radius 2 is 1.66 bits per heavy atom. The number of rotatable bonds is 5. The fourth-order valence-electron chi connectivity index (χ4n) is 4.38. The number of carbonyl (C=O) groups is 1. The third-order valence-electron chi connectivity index (χ3n) is 6.04. The Labute approximate surface area is 188 Å². The van der Waals surface area contributed by atoms with E-state index in [1.807, 2.05) is 59.5 Å². The molecule has 32 heavy (non-hydrogen) atoms. The van der Waals surface area contributed by atoms with E-state index in [2.05, 4.69) is 54.7 Å². The molecule has 4 nitrogen and oxygen atoms in total. The Hall–Kier alpha value is -3.63. The molecule has 1 amide bonds. The number of anilines is 1. The largest absolute Gasteiger partial charge is 0.485 e. The molecule has 1 unspecified atom stereocenters. The van der Waals surface area contributed by atoms with E-state index in [9.17, 15) is 4.79 Å². The van der Waals surface area contributed by atoms with Crippen molar-refractivity contribution in [3.8, 4) is 5.75 Å². The van der Waals surface area contributed by atoms with Crippen LogP contribution in [0.2, 0.25) is 0 Å². The van der Waals surface area contributed by atoms with E-state index in [-0.39, 0.29) is 18.1 Å². The molecular formula is C28H26N2O2. The Morgan fingerprint density at radius 1 is 0.938 bits per heavy atom. The number of nitrogens with zero attached hydrogens (tertiary/aromatic N) is 1. The number of ether oxygens (including phenoxy) is 1. The maximum atomic E-state index is 13.3. The van der Waals surface area contributed by atoms with Crippen LogP contribution in [0.25, 0.3) is 10.8 Å². The molecule has 1 N–H and O–H groups in total. The second-order valence-electron chi connectivity index (χ2n) is 8.19. The van der Waals surface area contributed by atoms with E-state index in [1.165, 1.54) is 16.3 Å². The van der Waals surface area contributed by atoms with E-state index in [1.54, 1.807) is 0 Å². The molecule has 1 aliphatic rings. The van der Waals surface area contributed by atoms with Crippen LogP contribution in [0.3, 0.4) is 0 Å². The number of fused-ring (bicyclic) bond motifs is 2. The number of nitrogens with one attached hydrogen (secondary N) is 1. The van der Waals surface area contributed by atoms with Gasteiger partial charge in [0.2, 0.25) is 0 Å². The number of amides is 1. The highest BCUT2D eigenvalue weighted by atomic mass is 16.5. The lowest BCUT2D eigenvalue weighted by Crippen LogP contribution is -2.48. The van der Waals surface area contributed by atoms with Crippen molar-refractivity contribution in [3.63, 3.8) is 0 Å². The first-order chi connectivity index (χ1) is 15.7. The molecule has 0 radical (unpaired) electrons. The van der Waals surface area contributed by atoms with Crippen LogP contribution in [0.5, 0.6) is 5.75 Å². The standard InChI is InChI=1S/C28H26N2O2/c1-20(24-15-9-13-21-10-5-6-14-25(21)24)29-18-23-19-30(26-16-7-8-17-27(26)32-23)28(31)22-11-3-2-4-12-22/h2-17,20,23,29H,18-19H2,1H3/t20-,23?/m1/s1. The van der Waals surface area contributed by atoms with Gasteiger partial charge in [-0.25, -0.2) is 0 Å². The van der Waals surface area contributed by atoms with Gasteiger partial charge in [0.05, 0.1) is 12.2 Å². The molecule has 0 aliphatic carbocycles. The van der Waals surface area contributed by atoms with Gasteiger partial charge < -0.3 is 15.0 Å². The minimum atomic E-state index is -0.144. The summed E-state index contributed by atoms with van der Waals surface area (Å²) in [5, 5.41) is 6.12. The van der Waals surface area contributed by atoms with E-state index in [4.69, 9.17) is 4.74 Å². The molecule has 160 valence electrons. The van der Waals surface area contributed by atoms with Gasteiger partial charge in [0, 0.05) is 18.2 Å². The smallest absolute Gasteiger partial charge is 0.258 e. The van der Waals surface area contributed by atoms with Gasteiger partial charge in [0.1, 0.15) is 11.9 Å². The predicted octanol–water partition coefficient (Wildman–Crippen LogP) is 5.60. The summed E-state index contributed by atoms with van der Waals surface area (Å²) >= 11 is 0. The minimum Gasteiger partial charge on any atom is -0.485 e. The maximum Gasteiger partial charge on any atom is 0.258 e. The minimum absolute atomic E-state index is 0.00606. The summed E-state index contributed by atoms with van der Waals surface area (Å²) in [6.45, 7) is 3.31. The fraction of sp³-hybridized carbons (Fsp3) is 0.179. The summed E-state index contributed by atoms with van der Waals surface area (Å²) in [6, 6.07) is 32.2. The van der Waals surface area contributed by atoms with Crippen molar-refractivity contribution in [3.05, 3.63) is 108 Å². The van der Waals surface area contributed by atoms with Gasteiger partial charge in [-0.15, -0.1) is 0 Å². The molecule has 0 aromatic heterocycles. The summed E-state index contributed by atoms with van der Waals surface area (Å²) in [6.07, 6.45) is -0.144. The predicted molar refractivity (Wildman–Crippen MR) is 129 cm³/mol. The van der Waals surface area contributed by atoms with Gasteiger partial charge in [-0.1, -0.05) is 72.8 Å². The first kappa shape index (κ1) is 20.3. The van der Waals surface area contributed by atoms with Gasteiger partial charge in [-0.2, -0.15) is 0 Å². The zero-order chi connectivity index (χ0) is 21.9. The zero-order valence-electron chi connectivity index (χ0n) is 18.1. The zero-order valence-corrected chi connectivity index (χ0v) is 18.1. The highest BCUT2D eigenvalue weighted by molar-refractivity contribution is 6.07. The quantitative estimate of drug-likeness (QED) is 0.455. The van der Waals surface area contributed by atoms with E-state index in [0.29, 0.717) is 18.7 Å². The molecule has 0 saturated carbocycles. The topological polar surface area (TPSA) is 41.6 Å². The van der Waals surface area contributed by atoms with E-state index < -0.39 is 0 Å². The van der Waals surface area contributed by atoms with Crippen LogP contribution < -0.4 is 15.0 Å². The molecule has 1 heterocycles. The first-order valence-electron chi connectivity index (χ1n) is 11.0. The maximum absolute atomic E-state index is 13.3. The Balaban J connectivity index is 1.35. The first-order valence-corrected chi connectivity index (χ1v) is 11.0. The van der Waals surface area contributed by atoms with Crippen molar-refractivity contribution in [2.45, 2.75) is 19.1 Å². The van der Waals surface area contributed by atoms with E-state index in [0.717, 1.165) is 11.4 Å². The molecule has 0 bridgehead atoms. The number of para-hydroxylation sites is 2. The van der Waals surface area contributed by atoms with Crippen molar-refractivity contribution in [1.82, 2.24) is 5.32 Å². The highest BCUT2D eigenvalue weighted by Gasteiger charge is 2.30. The summed E-state index contributed by atoms with van der Waals surface area (Å²) in [5.41, 5.74) is 2.76. The van der Waals surface area contributed by atoms with Crippen molar-refractivity contribution in [2.24, 2.45) is 0 Å². The second-order valence-corrected chi connectivity index (χ2v) is 8.19. The SMILES string of the molecule is C[C@@H](NCC1CN(C(=O)c2ccccc2)c2ccccc2O1)c1cccc2ccccc12. The van der Waals surface area contributed by atoms with Gasteiger partial charge in [0.25, 0.3) is 5.91 Å². The lowest BCUT2D eigenvalue weighted by Gasteiger charge is -2.35. The molecule has 4 aromatic rings. The molecule has 0 saturated heterocycles. The van der Waals surface area contributed by atoms with Crippen LogP contribution in [0.15, 0.2) is 97.1 Å². The van der Waals surface area contributed by atoms with Crippen LogP contribution >= 0.6 is 0 Å². The number of hydrogen-bond donors (Lipinski definition) is 1. The molecule has 1 aliphatic heterocycles. The molecule has 4 aromatic carbocycles. The van der Waals surface area contributed by atoms with Crippen LogP contribution in [0, 0.1) is 0 Å². The number of hydrogen-bond acceptors (Lipinski definition) is 3. The van der Waals surface area contributed by atoms with E-state index >= 15 is 0 Å². The van der Waals surface area contributed by atoms with Gasteiger partial charge in [0.15, 0.2) is 0 Å². The molecule has 5 rings (SSSR count). The van der Waals surface area contributed by atoms with Crippen molar-refractivity contribution >= 4 is 22.4 Å². The van der Waals surface area contributed by atoms with Gasteiger partial charge in [-0.05, 0) is 47.5 Å². The number of benzene rings is 4. The summed E-state index contributed by atoms with van der Waals surface area (Å²) in [5.74, 6) is 0.737. The molecule has 2 atom stereocenters. The monoisotopic (exact) mass is 422 g/mol. The van der Waals surface area contributed by atoms with Crippen LogP contribution in [-0.4, -0.2) is 25.1 Å². The fourth-order valence-corrected chi connectivity index (χ4v) is 4.38. The lowest BCUT2D eigenvalue weighted by molar-refractivity contribution is 0.0954. The summed E-state index contributed by atoms with van der Waals surface area (Å²) in [7, 11) is 0. The Bertz CT molecular complexity index is 1230. The Morgan fingerprint density at radius 3 is 2.53 bits per heavy atom. The third kappa shape index (κ3) is 3.97. The average molecular weight is 423 g/mol. The average Bonchev–Trinajstić information content (AvgIpc) is 2.86. The Kier molecular flexibility index (Phi) is 5.61. The summed E-state index contributed by atoms with van der Waals surface area (Å²) in [4.78, 5) is 15.1. The van der Waals surface area contributed by atoms with Crippen LogP contribution in [0.4, 0.5) is 5.69 Å². The second kappa shape index (κ2) is 8.85. The van der Waals surface area contributed by atoms with Crippen molar-refractivity contribution in [2.75, 3.05) is 18.0 Å². The van der Waals surface area contributed by atoms with Crippen LogP contribution in [0.1, 0.15) is 28.9 Å². The normalized spacial score (nSPS) is 16.3. The highest BCUT2D eigenvalue weighted by Crippen LogP contribution is 2.34. The molecule has 0 fully saturated rings. The number of carbonyl (C=O) groups excluding carboxylic acids is 1. The molecular weight excluding hydrogens is 396 g/mol. The van der Waals surface area contributed by atoms with Gasteiger partial charge >= 0.3 is 0 Å². The van der Waals surface area contributed by atoms with Gasteiger partial charge in [-0.3, -0.25) is 4.79 Å². The van der Waals surface area contributed by atoms with Crippen molar-refractivity contribution < 1.29 is 9.53 Å². The molecule has 0 spiro atoms. The summed E-state index contributed by atoms with van der Waals surface area (Å²) < 4.78 is 6.27. The lowest BCUT2D eigenvalue weighted by atomic mass is 9.99. The van der Waals surface area contributed by atoms with Crippen molar-refractivity contribution in [1.29, 1.82) is 0 Å². The third-order valence-corrected chi connectivity index (χ3v) is 6.04. The van der Waals surface area contributed by atoms with Crippen LogP contribution in [-0.2, 0) is 0 Å². The molecule has 4 heteroatoms.